The van der Waals surface area contributed by atoms with Gasteiger partial charge in [0.15, 0.2) is 0 Å². The molecule has 1 amide bonds. The van der Waals surface area contributed by atoms with Crippen molar-refractivity contribution in [3.63, 3.8) is 0 Å². The molecule has 2 N–H and O–H groups in total. The Morgan fingerprint density at radius 2 is 1.46 bits per heavy atom. The van der Waals surface area contributed by atoms with E-state index < -0.39 is 22.0 Å². The van der Waals surface area contributed by atoms with Crippen molar-refractivity contribution in [2.24, 2.45) is 0 Å². The largest absolute Gasteiger partial charge is 0.473 e. The summed E-state index contributed by atoms with van der Waals surface area (Å²) in [5.74, 6) is -4.16. The highest BCUT2D eigenvalue weighted by Gasteiger charge is 2.27. The summed E-state index contributed by atoms with van der Waals surface area (Å²) in [5, 5.41) is 14.8. The molecule has 0 spiro atoms. The average molecular weight is 390 g/mol. The Morgan fingerprint density at radius 1 is 1.00 bits per heavy atom. The molecule has 0 radical (unpaired) electrons. The highest BCUT2D eigenvalue weighted by molar-refractivity contribution is 7.89. The van der Waals surface area contributed by atoms with Crippen LogP contribution in [0.5, 0.6) is 0 Å². The lowest BCUT2D eigenvalue weighted by Gasteiger charge is -2.33. The Balaban J connectivity index is 0.000000487. The van der Waals surface area contributed by atoms with Gasteiger partial charge in [0, 0.05) is 31.7 Å². The van der Waals surface area contributed by atoms with Gasteiger partial charge in [0.2, 0.25) is 10.0 Å². The minimum atomic E-state index is -3.19. The second-order valence-corrected chi connectivity index (χ2v) is 7.47. The van der Waals surface area contributed by atoms with Gasteiger partial charge in [-0.3, -0.25) is 4.79 Å². The molecule has 0 aliphatic carbocycles. The van der Waals surface area contributed by atoms with E-state index in [9.17, 15) is 17.6 Å². The molecule has 1 heterocycles. The molecule has 2 rings (SSSR count). The zero-order chi connectivity index (χ0) is 19.9. The summed E-state index contributed by atoms with van der Waals surface area (Å²) in [4.78, 5) is 32.0. The number of benzene rings is 1. The smallest absolute Gasteiger partial charge is 0.414 e. The molecule has 1 fully saturated rings. The summed E-state index contributed by atoms with van der Waals surface area (Å²) in [6.45, 7) is 2.93. The predicted octanol–water partition coefficient (Wildman–Crippen LogP) is 0.0888. The van der Waals surface area contributed by atoms with E-state index in [0.29, 0.717) is 31.7 Å². The van der Waals surface area contributed by atoms with Gasteiger partial charge in [-0.05, 0) is 31.2 Å². The van der Waals surface area contributed by atoms with Gasteiger partial charge in [0.1, 0.15) is 5.82 Å². The number of carboxylic acid groups (broad SMARTS) is 2. The molecule has 11 heteroatoms. The maximum absolute atomic E-state index is 12.8. The molecule has 1 aromatic carbocycles. The van der Waals surface area contributed by atoms with Crippen molar-refractivity contribution >= 4 is 27.9 Å². The first kappa shape index (κ1) is 21.5. The average Bonchev–Trinajstić information content (AvgIpc) is 2.62. The third kappa shape index (κ3) is 6.08. The Morgan fingerprint density at radius 3 is 1.85 bits per heavy atom. The number of carbonyl (C=O) groups is 3. The van der Waals surface area contributed by atoms with Crippen molar-refractivity contribution in [1.82, 2.24) is 9.21 Å². The van der Waals surface area contributed by atoms with Crippen molar-refractivity contribution in [3.05, 3.63) is 35.6 Å². The number of piperazine rings is 1. The van der Waals surface area contributed by atoms with Crippen molar-refractivity contribution < 1.29 is 37.4 Å². The fourth-order valence-electron chi connectivity index (χ4n) is 2.13. The van der Waals surface area contributed by atoms with Gasteiger partial charge in [-0.1, -0.05) is 0 Å². The minimum Gasteiger partial charge on any atom is -0.473 e. The van der Waals surface area contributed by atoms with E-state index in [2.05, 4.69) is 0 Å². The second-order valence-electron chi connectivity index (χ2n) is 5.21. The van der Waals surface area contributed by atoms with E-state index in [4.69, 9.17) is 19.8 Å². The van der Waals surface area contributed by atoms with E-state index in [0.717, 1.165) is 0 Å². The summed E-state index contributed by atoms with van der Waals surface area (Å²) in [6, 6.07) is 5.36. The molecule has 9 nitrogen and oxygen atoms in total. The Hall–Kier alpha value is -2.53. The SMILES string of the molecule is CCS(=O)(=O)N1CCN(C(=O)c2ccc(F)cc2)CC1.O=C(O)C(=O)O. The van der Waals surface area contributed by atoms with Crippen LogP contribution in [0.2, 0.25) is 0 Å². The van der Waals surface area contributed by atoms with Crippen LogP contribution in [0.15, 0.2) is 24.3 Å². The normalized spacial score (nSPS) is 14.9. The van der Waals surface area contributed by atoms with Crippen LogP contribution in [0.3, 0.4) is 0 Å². The predicted molar refractivity (Wildman–Crippen MR) is 88.6 cm³/mol. The van der Waals surface area contributed by atoms with Crippen LogP contribution in [-0.2, 0) is 19.6 Å². The van der Waals surface area contributed by atoms with E-state index in [1.54, 1.807) is 11.8 Å². The van der Waals surface area contributed by atoms with Gasteiger partial charge in [0.05, 0.1) is 5.75 Å². The van der Waals surface area contributed by atoms with Crippen LogP contribution in [-0.4, -0.2) is 77.6 Å². The lowest BCUT2D eigenvalue weighted by molar-refractivity contribution is -0.159. The van der Waals surface area contributed by atoms with Gasteiger partial charge < -0.3 is 15.1 Å². The van der Waals surface area contributed by atoms with Gasteiger partial charge in [-0.15, -0.1) is 0 Å². The fraction of sp³-hybridized carbons (Fsp3) is 0.400. The van der Waals surface area contributed by atoms with E-state index in [-0.39, 0.29) is 17.5 Å². The van der Waals surface area contributed by atoms with Crippen molar-refractivity contribution in [1.29, 1.82) is 0 Å². The van der Waals surface area contributed by atoms with Crippen LogP contribution in [0, 0.1) is 5.82 Å². The number of rotatable bonds is 3. The van der Waals surface area contributed by atoms with E-state index >= 15 is 0 Å². The first-order valence-electron chi connectivity index (χ1n) is 7.57. The molecule has 0 saturated carbocycles. The third-order valence-electron chi connectivity index (χ3n) is 3.56. The molecule has 0 aromatic heterocycles. The number of hydrogen-bond donors (Lipinski definition) is 2. The topological polar surface area (TPSA) is 132 Å². The number of sulfonamides is 1. The summed E-state index contributed by atoms with van der Waals surface area (Å²) < 4.78 is 37.7. The van der Waals surface area contributed by atoms with Crippen LogP contribution in [0.4, 0.5) is 4.39 Å². The number of aliphatic carboxylic acids is 2. The number of carboxylic acids is 2. The minimum absolute atomic E-state index is 0.0684. The van der Waals surface area contributed by atoms with Gasteiger partial charge in [-0.2, -0.15) is 4.31 Å². The zero-order valence-electron chi connectivity index (χ0n) is 14.0. The molecular formula is C15H19FN2O7S. The highest BCUT2D eigenvalue weighted by Crippen LogP contribution is 2.12. The van der Waals surface area contributed by atoms with Gasteiger partial charge in [-0.25, -0.2) is 22.4 Å². The van der Waals surface area contributed by atoms with Crippen molar-refractivity contribution in [2.45, 2.75) is 6.92 Å². The third-order valence-corrected chi connectivity index (χ3v) is 5.44. The molecule has 0 atom stereocenters. The maximum atomic E-state index is 12.8. The zero-order valence-corrected chi connectivity index (χ0v) is 14.8. The van der Waals surface area contributed by atoms with Crippen LogP contribution in [0.1, 0.15) is 17.3 Å². The molecule has 26 heavy (non-hydrogen) atoms. The molecule has 1 aromatic rings. The standard InChI is InChI=1S/C13H17FN2O3S.C2H2O4/c1-2-20(18,19)16-9-7-15(8-10-16)13(17)11-3-5-12(14)6-4-11;3-1(4)2(5)6/h3-6H,2,7-10H2,1H3;(H,3,4)(H,5,6). The quantitative estimate of drug-likeness (QED) is 0.699. The Labute approximate surface area is 149 Å². The molecule has 1 saturated heterocycles. The number of hydrogen-bond acceptors (Lipinski definition) is 5. The van der Waals surface area contributed by atoms with E-state index in [1.165, 1.54) is 28.6 Å². The number of halogens is 1. The Kier molecular flexibility index (Phi) is 7.65. The maximum Gasteiger partial charge on any atom is 0.414 e. The summed E-state index contributed by atoms with van der Waals surface area (Å²) in [7, 11) is -3.19. The van der Waals surface area contributed by atoms with Gasteiger partial charge >= 0.3 is 11.9 Å². The first-order chi connectivity index (χ1) is 12.1. The van der Waals surface area contributed by atoms with Crippen molar-refractivity contribution in [3.8, 4) is 0 Å². The summed E-state index contributed by atoms with van der Waals surface area (Å²) in [5.41, 5.74) is 0.415. The second kappa shape index (κ2) is 9.25. The molecule has 1 aliphatic heterocycles. The van der Waals surface area contributed by atoms with Crippen LogP contribution < -0.4 is 0 Å². The van der Waals surface area contributed by atoms with E-state index in [1.807, 2.05) is 0 Å². The molecule has 0 bridgehead atoms. The highest BCUT2D eigenvalue weighted by atomic mass is 32.2. The molecular weight excluding hydrogens is 371 g/mol. The monoisotopic (exact) mass is 390 g/mol. The van der Waals surface area contributed by atoms with Crippen molar-refractivity contribution in [2.75, 3.05) is 31.9 Å². The molecule has 1 aliphatic rings. The van der Waals surface area contributed by atoms with Gasteiger partial charge in [0.25, 0.3) is 5.91 Å². The first-order valence-corrected chi connectivity index (χ1v) is 9.18. The number of carbonyl (C=O) groups excluding carboxylic acids is 1. The van der Waals surface area contributed by atoms with Crippen LogP contribution in [0.25, 0.3) is 0 Å². The fourth-order valence-corrected chi connectivity index (χ4v) is 3.21. The lowest BCUT2D eigenvalue weighted by atomic mass is 10.2. The summed E-state index contributed by atoms with van der Waals surface area (Å²) in [6.07, 6.45) is 0. The number of nitrogens with zero attached hydrogens (tertiary/aromatic N) is 2. The molecule has 144 valence electrons. The Bertz CT molecular complexity index is 745. The van der Waals surface area contributed by atoms with Crippen LogP contribution >= 0.6 is 0 Å². The number of amides is 1. The lowest BCUT2D eigenvalue weighted by Crippen LogP contribution is -2.50. The summed E-state index contributed by atoms with van der Waals surface area (Å²) >= 11 is 0. The molecule has 0 unspecified atom stereocenters.